The van der Waals surface area contributed by atoms with Crippen LogP contribution in [0.2, 0.25) is 0 Å². The molecule has 0 bridgehead atoms. The lowest BCUT2D eigenvalue weighted by molar-refractivity contribution is -0.191. The van der Waals surface area contributed by atoms with Gasteiger partial charge in [0.1, 0.15) is 6.04 Å². The SMILES string of the molecule is O=C1[C@@H]2[C@H](C(=O)N1c1ccccc1)[C@@]1(c3ccc(Br)cc3)C(=O)O[C@@]3(c4ccccc4)C=C4CCC[C@H]4N2N13. The van der Waals surface area contributed by atoms with Gasteiger partial charge in [0, 0.05) is 16.1 Å². The summed E-state index contributed by atoms with van der Waals surface area (Å²) in [6.45, 7) is 0. The molecule has 5 atom stereocenters. The third-order valence-corrected chi connectivity index (χ3v) is 9.54. The number of para-hydroxylation sites is 1. The Hall–Kier alpha value is -3.59. The normalized spacial score (nSPS) is 33.2. The summed E-state index contributed by atoms with van der Waals surface area (Å²) >= 11 is 3.51. The second kappa shape index (κ2) is 7.97. The van der Waals surface area contributed by atoms with Crippen molar-refractivity contribution in [2.45, 2.75) is 42.6 Å². The van der Waals surface area contributed by atoms with Crippen molar-refractivity contribution in [2.75, 3.05) is 4.90 Å². The van der Waals surface area contributed by atoms with Crippen LogP contribution in [0.4, 0.5) is 5.69 Å². The number of benzene rings is 3. The number of nitrogens with zero attached hydrogens (tertiary/aromatic N) is 3. The van der Waals surface area contributed by atoms with Crippen LogP contribution in [0.1, 0.15) is 30.4 Å². The minimum absolute atomic E-state index is 0.0892. The molecular weight excluding hydrogens is 558 g/mol. The quantitative estimate of drug-likeness (QED) is 0.255. The molecule has 3 aromatic rings. The Balaban J connectivity index is 1.44. The van der Waals surface area contributed by atoms with Crippen molar-refractivity contribution in [3.8, 4) is 0 Å². The first kappa shape index (κ1) is 23.3. The summed E-state index contributed by atoms with van der Waals surface area (Å²) in [7, 11) is 0. The zero-order chi connectivity index (χ0) is 26.5. The highest BCUT2D eigenvalue weighted by Crippen LogP contribution is 2.65. The number of fused-ring (bicyclic) bond motifs is 5. The predicted molar refractivity (Wildman–Crippen MR) is 146 cm³/mol. The van der Waals surface area contributed by atoms with E-state index in [0.717, 1.165) is 34.9 Å². The largest absolute Gasteiger partial charge is 0.432 e. The van der Waals surface area contributed by atoms with E-state index in [9.17, 15) is 14.4 Å². The summed E-state index contributed by atoms with van der Waals surface area (Å²) in [6, 6.07) is 25.2. The minimum atomic E-state index is -1.51. The van der Waals surface area contributed by atoms with E-state index in [4.69, 9.17) is 4.74 Å². The lowest BCUT2D eigenvalue weighted by Crippen LogP contribution is -2.63. The zero-order valence-corrected chi connectivity index (χ0v) is 22.5. The van der Waals surface area contributed by atoms with E-state index >= 15 is 0 Å². The molecular formula is C31H24BrN3O4. The van der Waals surface area contributed by atoms with Crippen molar-refractivity contribution < 1.29 is 19.1 Å². The summed E-state index contributed by atoms with van der Waals surface area (Å²) in [4.78, 5) is 44.6. The number of hydrogen-bond acceptors (Lipinski definition) is 6. The Labute approximate surface area is 233 Å². The highest BCUT2D eigenvalue weighted by Gasteiger charge is 2.82. The minimum Gasteiger partial charge on any atom is -0.432 e. The second-order valence-electron chi connectivity index (χ2n) is 10.8. The molecule has 4 fully saturated rings. The molecule has 4 heterocycles. The molecule has 8 rings (SSSR count). The molecule has 0 radical (unpaired) electrons. The number of halogens is 1. The Bertz CT molecular complexity index is 1580. The summed E-state index contributed by atoms with van der Waals surface area (Å²) in [5.41, 5.74) is 0.316. The van der Waals surface area contributed by atoms with Gasteiger partial charge in [-0.05, 0) is 60.7 Å². The van der Waals surface area contributed by atoms with Crippen molar-refractivity contribution in [1.29, 1.82) is 0 Å². The smallest absolute Gasteiger partial charge is 0.335 e. The number of imide groups is 1. The fourth-order valence-electron chi connectivity index (χ4n) is 7.57. The van der Waals surface area contributed by atoms with E-state index in [1.807, 2.05) is 77.8 Å². The first-order chi connectivity index (χ1) is 19.0. The molecule has 0 unspecified atom stereocenters. The lowest BCUT2D eigenvalue weighted by atomic mass is 9.76. The molecule has 194 valence electrons. The number of carbonyl (C=O) groups is 3. The van der Waals surface area contributed by atoms with Gasteiger partial charge in [-0.25, -0.2) is 14.7 Å². The average Bonchev–Trinajstić information content (AvgIpc) is 3.67. The molecule has 39 heavy (non-hydrogen) atoms. The predicted octanol–water partition coefficient (Wildman–Crippen LogP) is 4.64. The molecule has 3 saturated heterocycles. The van der Waals surface area contributed by atoms with Crippen LogP contribution in [0.5, 0.6) is 0 Å². The van der Waals surface area contributed by atoms with Crippen LogP contribution in [0, 0.1) is 5.92 Å². The number of rotatable bonds is 3. The van der Waals surface area contributed by atoms with Crippen molar-refractivity contribution in [3.63, 3.8) is 0 Å². The van der Waals surface area contributed by atoms with Gasteiger partial charge >= 0.3 is 5.97 Å². The van der Waals surface area contributed by atoms with E-state index in [1.165, 1.54) is 4.90 Å². The number of esters is 1. The van der Waals surface area contributed by atoms with Crippen molar-refractivity contribution >= 4 is 39.4 Å². The van der Waals surface area contributed by atoms with Crippen LogP contribution in [0.3, 0.4) is 0 Å². The molecule has 1 saturated carbocycles. The van der Waals surface area contributed by atoms with Gasteiger partial charge in [-0.15, -0.1) is 0 Å². The van der Waals surface area contributed by atoms with Gasteiger partial charge < -0.3 is 4.74 Å². The van der Waals surface area contributed by atoms with Crippen LogP contribution < -0.4 is 4.90 Å². The number of hydrazine groups is 1. The van der Waals surface area contributed by atoms with Crippen molar-refractivity contribution in [3.05, 3.63) is 112 Å². The van der Waals surface area contributed by atoms with Gasteiger partial charge in [-0.2, -0.15) is 5.01 Å². The lowest BCUT2D eigenvalue weighted by Gasteiger charge is -2.49. The summed E-state index contributed by atoms with van der Waals surface area (Å²) < 4.78 is 7.33. The molecule has 5 aliphatic rings. The zero-order valence-electron chi connectivity index (χ0n) is 20.9. The van der Waals surface area contributed by atoms with E-state index in [0.29, 0.717) is 11.3 Å². The monoisotopic (exact) mass is 581 g/mol. The number of ether oxygens (including phenoxy) is 1. The maximum Gasteiger partial charge on any atom is 0.335 e. The Morgan fingerprint density at radius 2 is 1.51 bits per heavy atom. The van der Waals surface area contributed by atoms with Gasteiger partial charge in [-0.3, -0.25) is 9.59 Å². The first-order valence-corrected chi connectivity index (χ1v) is 14.1. The van der Waals surface area contributed by atoms with E-state index in [2.05, 4.69) is 27.0 Å². The van der Waals surface area contributed by atoms with Gasteiger partial charge in [-0.1, -0.05) is 76.6 Å². The summed E-state index contributed by atoms with van der Waals surface area (Å²) in [5, 5.41) is 4.02. The summed E-state index contributed by atoms with van der Waals surface area (Å²) in [5.74, 6) is -2.17. The van der Waals surface area contributed by atoms with E-state index < -0.39 is 29.2 Å². The molecule has 3 aromatic carbocycles. The highest BCUT2D eigenvalue weighted by molar-refractivity contribution is 9.10. The average molecular weight is 582 g/mol. The molecule has 1 aliphatic carbocycles. The fraction of sp³-hybridized carbons (Fsp3) is 0.258. The number of hydrogen-bond donors (Lipinski definition) is 0. The van der Waals surface area contributed by atoms with E-state index in [-0.39, 0.29) is 17.9 Å². The Kier molecular flexibility index (Phi) is 4.77. The molecule has 7 nitrogen and oxygen atoms in total. The third kappa shape index (κ3) is 2.76. The highest BCUT2D eigenvalue weighted by atomic mass is 79.9. The number of amides is 2. The maximum atomic E-state index is 14.5. The van der Waals surface area contributed by atoms with Gasteiger partial charge in [0.25, 0.3) is 5.91 Å². The van der Waals surface area contributed by atoms with Crippen molar-refractivity contribution in [1.82, 2.24) is 10.0 Å². The Morgan fingerprint density at radius 1 is 0.821 bits per heavy atom. The van der Waals surface area contributed by atoms with Gasteiger partial charge in [0.05, 0.1) is 11.6 Å². The van der Waals surface area contributed by atoms with E-state index in [1.54, 1.807) is 12.1 Å². The van der Waals surface area contributed by atoms with Gasteiger partial charge in [0.2, 0.25) is 11.6 Å². The summed E-state index contributed by atoms with van der Waals surface area (Å²) in [6.07, 6.45) is 4.75. The van der Waals surface area contributed by atoms with Crippen LogP contribution >= 0.6 is 15.9 Å². The number of carbonyl (C=O) groups excluding carboxylic acids is 3. The first-order valence-electron chi connectivity index (χ1n) is 13.3. The standard InChI is InChI=1S/C31H24BrN3O4/c32-22-16-14-21(15-17-22)31-25-26(28(37)33(27(25)36)23-11-5-2-6-12-23)34-24-13-7-8-19(24)18-30(35(31)34,39-29(31)38)20-9-3-1-4-10-20/h1-6,9-12,14-18,24-26H,7-8,13H2/t24-,25-,26+,30-,31+/m1/s1. The molecule has 8 heteroatoms. The van der Waals surface area contributed by atoms with Crippen LogP contribution in [-0.4, -0.2) is 39.9 Å². The van der Waals surface area contributed by atoms with Gasteiger partial charge in [0.15, 0.2) is 5.54 Å². The van der Waals surface area contributed by atoms with Crippen molar-refractivity contribution in [2.24, 2.45) is 5.92 Å². The fourth-order valence-corrected chi connectivity index (χ4v) is 7.84. The van der Waals surface area contributed by atoms with Crippen LogP contribution in [-0.2, 0) is 30.4 Å². The van der Waals surface area contributed by atoms with Crippen LogP contribution in [0.15, 0.2) is 101 Å². The molecule has 0 aromatic heterocycles. The third-order valence-electron chi connectivity index (χ3n) is 9.01. The molecule has 4 aliphatic heterocycles. The van der Waals surface area contributed by atoms with Crippen LogP contribution in [0.25, 0.3) is 0 Å². The molecule has 0 spiro atoms. The number of anilines is 1. The maximum absolute atomic E-state index is 14.5. The molecule has 0 N–H and O–H groups in total. The Morgan fingerprint density at radius 3 is 2.23 bits per heavy atom. The topological polar surface area (TPSA) is 70.2 Å². The second-order valence-corrected chi connectivity index (χ2v) is 11.7. The molecule has 2 amide bonds.